The smallest absolute Gasteiger partial charge is 0.219 e. The van der Waals surface area contributed by atoms with E-state index in [4.69, 9.17) is 4.74 Å². The number of rotatable bonds is 5. The van der Waals surface area contributed by atoms with E-state index in [1.54, 1.807) is 6.20 Å². The Morgan fingerprint density at radius 3 is 2.00 bits per heavy atom. The lowest BCUT2D eigenvalue weighted by Crippen LogP contribution is -2.11. The molecule has 1 N–H and O–H groups in total. The van der Waals surface area contributed by atoms with Crippen molar-refractivity contribution in [2.24, 2.45) is 0 Å². The van der Waals surface area contributed by atoms with Gasteiger partial charge in [0, 0.05) is 29.7 Å². The molecule has 0 aliphatic rings. The highest BCUT2D eigenvalue weighted by molar-refractivity contribution is 5.75. The molecule has 0 radical (unpaired) electrons. The number of H-pyrrole nitrogens is 1. The molecule has 0 amide bonds. The molecule has 0 fully saturated rings. The molecule has 0 aliphatic carbocycles. The SMILES string of the molecule is CC(C)(C)c1cc(Oc2ccccn2)cc(-c2cc(-c3ccc(-c4ccccc4)cc3)c[nH]2)c1. The summed E-state index contributed by atoms with van der Waals surface area (Å²) in [6.45, 7) is 6.64. The van der Waals surface area contributed by atoms with Gasteiger partial charge in [-0.1, -0.05) is 81.4 Å². The van der Waals surface area contributed by atoms with E-state index in [0.29, 0.717) is 5.88 Å². The third-order valence-corrected chi connectivity index (χ3v) is 5.95. The zero-order valence-electron chi connectivity index (χ0n) is 19.7. The number of hydrogen-bond acceptors (Lipinski definition) is 2. The number of aromatic nitrogens is 2. The van der Waals surface area contributed by atoms with E-state index in [1.807, 2.05) is 24.3 Å². The van der Waals surface area contributed by atoms with Gasteiger partial charge < -0.3 is 9.72 Å². The molecule has 2 heterocycles. The molecule has 5 aromatic rings. The maximum absolute atomic E-state index is 6.10. The van der Waals surface area contributed by atoms with Crippen molar-refractivity contribution in [2.45, 2.75) is 26.2 Å². The predicted octanol–water partition coefficient (Wildman–Crippen LogP) is 8.50. The van der Waals surface area contributed by atoms with Gasteiger partial charge >= 0.3 is 0 Å². The number of nitrogens with one attached hydrogen (secondary N) is 1. The summed E-state index contributed by atoms with van der Waals surface area (Å²) in [6.07, 6.45) is 3.81. The van der Waals surface area contributed by atoms with Crippen molar-refractivity contribution in [3.8, 4) is 45.1 Å². The maximum Gasteiger partial charge on any atom is 0.219 e. The van der Waals surface area contributed by atoms with Crippen molar-refractivity contribution in [2.75, 3.05) is 0 Å². The first kappa shape index (κ1) is 21.7. The second-order valence-corrected chi connectivity index (χ2v) is 9.51. The van der Waals surface area contributed by atoms with E-state index < -0.39 is 0 Å². The molecule has 168 valence electrons. The Morgan fingerprint density at radius 2 is 1.32 bits per heavy atom. The van der Waals surface area contributed by atoms with Gasteiger partial charge in [0.25, 0.3) is 0 Å². The Balaban J connectivity index is 1.46. The summed E-state index contributed by atoms with van der Waals surface area (Å²) >= 11 is 0. The van der Waals surface area contributed by atoms with Crippen molar-refractivity contribution in [1.82, 2.24) is 9.97 Å². The van der Waals surface area contributed by atoms with Crippen molar-refractivity contribution in [3.63, 3.8) is 0 Å². The van der Waals surface area contributed by atoms with Crippen LogP contribution in [0.4, 0.5) is 0 Å². The van der Waals surface area contributed by atoms with Gasteiger partial charge in [-0.15, -0.1) is 0 Å². The maximum atomic E-state index is 6.10. The molecule has 0 atom stereocenters. The molecule has 34 heavy (non-hydrogen) atoms. The molecule has 3 aromatic carbocycles. The molecule has 5 rings (SSSR count). The number of ether oxygens (including phenoxy) is 1. The molecular formula is C31H28N2O. The largest absolute Gasteiger partial charge is 0.439 e. The van der Waals surface area contributed by atoms with Crippen molar-refractivity contribution in [3.05, 3.63) is 115 Å². The topological polar surface area (TPSA) is 37.9 Å². The highest BCUT2D eigenvalue weighted by atomic mass is 16.5. The van der Waals surface area contributed by atoms with Crippen LogP contribution in [0.25, 0.3) is 33.5 Å². The van der Waals surface area contributed by atoms with Crippen LogP contribution in [0.3, 0.4) is 0 Å². The Morgan fingerprint density at radius 1 is 0.647 bits per heavy atom. The number of nitrogens with zero attached hydrogens (tertiary/aromatic N) is 1. The first-order chi connectivity index (χ1) is 16.5. The van der Waals surface area contributed by atoms with Gasteiger partial charge in [0.05, 0.1) is 0 Å². The monoisotopic (exact) mass is 444 g/mol. The van der Waals surface area contributed by atoms with Crippen LogP contribution >= 0.6 is 0 Å². The zero-order chi connectivity index (χ0) is 23.5. The molecular weight excluding hydrogens is 416 g/mol. The summed E-state index contributed by atoms with van der Waals surface area (Å²) in [7, 11) is 0. The lowest BCUT2D eigenvalue weighted by Gasteiger charge is -2.21. The third-order valence-electron chi connectivity index (χ3n) is 5.95. The van der Waals surface area contributed by atoms with Crippen LogP contribution in [0, 0.1) is 0 Å². The van der Waals surface area contributed by atoms with Crippen LogP contribution in [-0.4, -0.2) is 9.97 Å². The minimum absolute atomic E-state index is 0.0130. The normalized spacial score (nSPS) is 11.4. The number of benzene rings is 3. The van der Waals surface area contributed by atoms with Crippen LogP contribution < -0.4 is 4.74 Å². The van der Waals surface area contributed by atoms with E-state index in [0.717, 1.165) is 22.6 Å². The van der Waals surface area contributed by atoms with Gasteiger partial charge in [-0.25, -0.2) is 4.98 Å². The van der Waals surface area contributed by atoms with E-state index in [-0.39, 0.29) is 5.41 Å². The van der Waals surface area contributed by atoms with E-state index >= 15 is 0 Å². The fraction of sp³-hybridized carbons (Fsp3) is 0.129. The minimum atomic E-state index is -0.0130. The zero-order valence-corrected chi connectivity index (χ0v) is 19.7. The minimum Gasteiger partial charge on any atom is -0.439 e. The number of aromatic amines is 1. The number of pyridine rings is 1. The highest BCUT2D eigenvalue weighted by Gasteiger charge is 2.17. The van der Waals surface area contributed by atoms with Gasteiger partial charge in [0.2, 0.25) is 5.88 Å². The summed E-state index contributed by atoms with van der Waals surface area (Å²) in [5.74, 6) is 1.37. The second-order valence-electron chi connectivity index (χ2n) is 9.51. The summed E-state index contributed by atoms with van der Waals surface area (Å²) in [5, 5.41) is 0. The fourth-order valence-electron chi connectivity index (χ4n) is 3.99. The van der Waals surface area contributed by atoms with E-state index in [1.165, 1.54) is 22.3 Å². The molecule has 0 bridgehead atoms. The molecule has 0 saturated carbocycles. The first-order valence-corrected chi connectivity index (χ1v) is 11.5. The summed E-state index contributed by atoms with van der Waals surface area (Å²) in [4.78, 5) is 7.78. The van der Waals surface area contributed by atoms with Crippen LogP contribution in [0.2, 0.25) is 0 Å². The van der Waals surface area contributed by atoms with Crippen LogP contribution in [0.5, 0.6) is 11.6 Å². The number of hydrogen-bond donors (Lipinski definition) is 1. The molecule has 0 aliphatic heterocycles. The molecule has 2 aromatic heterocycles. The van der Waals surface area contributed by atoms with Gasteiger partial charge in [-0.2, -0.15) is 0 Å². The van der Waals surface area contributed by atoms with Crippen molar-refractivity contribution < 1.29 is 4.74 Å². The standard InChI is InChI=1S/C31H28N2O/c1-31(2,3)27-17-25(18-28(20-27)34-30-11-7-8-16-32-30)29-19-26(21-33-29)24-14-12-23(13-15-24)22-9-5-4-6-10-22/h4-21,33H,1-3H3. The van der Waals surface area contributed by atoms with E-state index in [2.05, 4.69) is 110 Å². The quantitative estimate of drug-likeness (QED) is 0.295. The molecule has 3 nitrogen and oxygen atoms in total. The Labute approximate surface area is 201 Å². The second kappa shape index (κ2) is 9.03. The van der Waals surface area contributed by atoms with Gasteiger partial charge in [0.1, 0.15) is 5.75 Å². The molecule has 0 spiro atoms. The first-order valence-electron chi connectivity index (χ1n) is 11.5. The Kier molecular flexibility index (Phi) is 5.77. The van der Waals surface area contributed by atoms with Gasteiger partial charge in [0.15, 0.2) is 0 Å². The fourth-order valence-corrected chi connectivity index (χ4v) is 3.99. The van der Waals surface area contributed by atoms with Crippen molar-refractivity contribution >= 4 is 0 Å². The van der Waals surface area contributed by atoms with Gasteiger partial charge in [-0.05, 0) is 63.6 Å². The average molecular weight is 445 g/mol. The van der Waals surface area contributed by atoms with E-state index in [9.17, 15) is 0 Å². The van der Waals surface area contributed by atoms with Crippen LogP contribution in [-0.2, 0) is 5.41 Å². The Bertz CT molecular complexity index is 1380. The molecule has 0 unspecified atom stereocenters. The third kappa shape index (κ3) is 4.79. The lowest BCUT2D eigenvalue weighted by molar-refractivity contribution is 0.460. The summed E-state index contributed by atoms with van der Waals surface area (Å²) < 4.78 is 6.10. The predicted molar refractivity (Wildman–Crippen MR) is 140 cm³/mol. The molecule has 3 heteroatoms. The average Bonchev–Trinajstić information content (AvgIpc) is 3.35. The van der Waals surface area contributed by atoms with Gasteiger partial charge in [-0.3, -0.25) is 0 Å². The Hall–Kier alpha value is -4.11. The van der Waals surface area contributed by atoms with Crippen LogP contribution in [0.1, 0.15) is 26.3 Å². The summed E-state index contributed by atoms with van der Waals surface area (Å²) in [6, 6.07) is 33.4. The summed E-state index contributed by atoms with van der Waals surface area (Å²) in [5.41, 5.74) is 8.12. The van der Waals surface area contributed by atoms with Crippen molar-refractivity contribution in [1.29, 1.82) is 0 Å². The lowest BCUT2D eigenvalue weighted by atomic mass is 9.85. The molecule has 0 saturated heterocycles. The highest BCUT2D eigenvalue weighted by Crippen LogP contribution is 2.35. The van der Waals surface area contributed by atoms with Crippen LogP contribution in [0.15, 0.2) is 109 Å².